The third kappa shape index (κ3) is 1.59. The standard InChI is InChI=1S/C18H22BrNO3/c1-20-6-5-18-10-3-4-13(21)17(18)23-16-14(22-2)8-11(19)9(15(16)18)7-12(10)20/h8,10,12-13,17,21H,3-7H2,1-2H3/t10-,12+,13-,17-,18-/m0/s1. The maximum Gasteiger partial charge on any atom is 0.166 e. The molecule has 0 aromatic heterocycles. The molecule has 1 saturated heterocycles. The first-order valence-electron chi connectivity index (χ1n) is 8.52. The van der Waals surface area contributed by atoms with Crippen LogP contribution >= 0.6 is 15.9 Å². The van der Waals surface area contributed by atoms with Crippen LogP contribution in [-0.2, 0) is 11.8 Å². The van der Waals surface area contributed by atoms with Gasteiger partial charge in [0.2, 0.25) is 0 Å². The molecule has 124 valence electrons. The molecule has 4 aliphatic rings. The molecule has 1 N–H and O–H groups in total. The second-order valence-corrected chi connectivity index (χ2v) is 8.43. The van der Waals surface area contributed by atoms with Crippen LogP contribution in [0.4, 0.5) is 0 Å². The molecule has 5 heteroatoms. The number of piperidine rings is 1. The van der Waals surface area contributed by atoms with Gasteiger partial charge in [-0.15, -0.1) is 0 Å². The number of methoxy groups -OCH3 is 1. The minimum atomic E-state index is -0.378. The van der Waals surface area contributed by atoms with E-state index < -0.39 is 0 Å². The molecule has 0 amide bonds. The van der Waals surface area contributed by atoms with Gasteiger partial charge >= 0.3 is 0 Å². The maximum absolute atomic E-state index is 10.7. The number of aliphatic hydroxyl groups excluding tert-OH is 1. The van der Waals surface area contributed by atoms with Crippen molar-refractivity contribution in [2.45, 2.75) is 49.3 Å². The van der Waals surface area contributed by atoms with Crippen molar-refractivity contribution in [3.05, 3.63) is 21.7 Å². The van der Waals surface area contributed by atoms with Gasteiger partial charge in [0.15, 0.2) is 11.5 Å². The Kier molecular flexibility index (Phi) is 2.94. The fourth-order valence-corrected chi connectivity index (χ4v) is 6.46. The highest BCUT2D eigenvalue weighted by atomic mass is 79.9. The number of hydrogen-bond acceptors (Lipinski definition) is 4. The van der Waals surface area contributed by atoms with E-state index in [1.165, 1.54) is 11.1 Å². The van der Waals surface area contributed by atoms with E-state index in [2.05, 4.69) is 27.9 Å². The Labute approximate surface area is 144 Å². The van der Waals surface area contributed by atoms with Gasteiger partial charge in [-0.1, -0.05) is 15.9 Å². The van der Waals surface area contributed by atoms with E-state index in [-0.39, 0.29) is 17.6 Å². The summed E-state index contributed by atoms with van der Waals surface area (Å²) in [5.74, 6) is 2.26. The largest absolute Gasteiger partial charge is 0.493 e. The molecule has 4 nitrogen and oxygen atoms in total. The van der Waals surface area contributed by atoms with Crippen LogP contribution in [0.25, 0.3) is 0 Å². The topological polar surface area (TPSA) is 41.9 Å². The van der Waals surface area contributed by atoms with Gasteiger partial charge in [0, 0.05) is 21.5 Å². The summed E-state index contributed by atoms with van der Waals surface area (Å²) < 4.78 is 13.1. The molecule has 1 spiro atoms. The summed E-state index contributed by atoms with van der Waals surface area (Å²) in [5.41, 5.74) is 2.67. The lowest BCUT2D eigenvalue weighted by molar-refractivity contribution is -0.0994. The van der Waals surface area contributed by atoms with Crippen LogP contribution in [0.1, 0.15) is 30.4 Å². The average molecular weight is 380 g/mol. The number of halogens is 1. The molecule has 5 rings (SSSR count). The highest BCUT2D eigenvalue weighted by molar-refractivity contribution is 9.10. The zero-order valence-corrected chi connectivity index (χ0v) is 15.1. The van der Waals surface area contributed by atoms with Crippen molar-refractivity contribution in [2.75, 3.05) is 20.7 Å². The molecule has 1 aromatic rings. The first kappa shape index (κ1) is 14.6. The van der Waals surface area contributed by atoms with E-state index in [0.717, 1.165) is 48.2 Å². The normalized spacial score (nSPS) is 40.5. The van der Waals surface area contributed by atoms with Gasteiger partial charge in [0.1, 0.15) is 6.10 Å². The van der Waals surface area contributed by atoms with Crippen molar-refractivity contribution in [2.24, 2.45) is 5.92 Å². The highest BCUT2D eigenvalue weighted by Gasteiger charge is 2.65. The summed E-state index contributed by atoms with van der Waals surface area (Å²) in [5, 5.41) is 10.7. The van der Waals surface area contributed by atoms with Gasteiger partial charge in [0.05, 0.1) is 13.2 Å². The molecule has 23 heavy (non-hydrogen) atoms. The smallest absolute Gasteiger partial charge is 0.166 e. The second-order valence-electron chi connectivity index (χ2n) is 7.58. The zero-order valence-electron chi connectivity index (χ0n) is 13.5. The van der Waals surface area contributed by atoms with Crippen LogP contribution in [0.15, 0.2) is 10.5 Å². The fraction of sp³-hybridized carbons (Fsp3) is 0.667. The third-order valence-corrected chi connectivity index (χ3v) is 7.55. The van der Waals surface area contributed by atoms with Crippen LogP contribution in [-0.4, -0.2) is 49.0 Å². The summed E-state index contributed by atoms with van der Waals surface area (Å²) in [6, 6.07) is 2.58. The Balaban J connectivity index is 1.82. The van der Waals surface area contributed by atoms with Crippen molar-refractivity contribution in [1.29, 1.82) is 0 Å². The Hall–Kier alpha value is -0.780. The summed E-state index contributed by atoms with van der Waals surface area (Å²) >= 11 is 3.77. The molecule has 2 bridgehead atoms. The molecule has 0 unspecified atom stereocenters. The molecular formula is C18H22BrNO3. The number of nitrogens with zero attached hydrogens (tertiary/aromatic N) is 1. The predicted octanol–water partition coefficient (Wildman–Crippen LogP) is 2.49. The number of likely N-dealkylation sites (tertiary alicyclic amines) is 1. The summed E-state index contributed by atoms with van der Waals surface area (Å²) in [6.45, 7) is 1.07. The molecular weight excluding hydrogens is 358 g/mol. The van der Waals surface area contributed by atoms with Crippen molar-refractivity contribution in [3.8, 4) is 11.5 Å². The number of likely N-dealkylation sites (N-methyl/N-ethyl adjacent to an activating group) is 1. The average Bonchev–Trinajstić information content (AvgIpc) is 2.89. The number of benzene rings is 1. The SMILES string of the molecule is COc1cc(Br)c2c3c1O[C@H]1[C@@H](O)CC[C@H]4[C@@H](C2)N(C)CC[C@@]341. The summed E-state index contributed by atoms with van der Waals surface area (Å²) in [7, 11) is 3.94. The second kappa shape index (κ2) is 4.64. The molecule has 5 atom stereocenters. The Morgan fingerprint density at radius 1 is 1.43 bits per heavy atom. The highest BCUT2D eigenvalue weighted by Crippen LogP contribution is 2.64. The Bertz CT molecular complexity index is 693. The molecule has 2 aliphatic carbocycles. The minimum absolute atomic E-state index is 0.0329. The first-order chi connectivity index (χ1) is 11.1. The van der Waals surface area contributed by atoms with Gasteiger partial charge < -0.3 is 19.5 Å². The van der Waals surface area contributed by atoms with E-state index in [1.54, 1.807) is 7.11 Å². The molecule has 2 fully saturated rings. The summed E-state index contributed by atoms with van der Waals surface area (Å²) in [6.07, 6.45) is 3.55. The van der Waals surface area contributed by atoms with Gasteiger partial charge in [-0.2, -0.15) is 0 Å². The van der Waals surface area contributed by atoms with Gasteiger partial charge in [-0.05, 0) is 56.8 Å². The lowest BCUT2D eigenvalue weighted by Crippen LogP contribution is -2.66. The quantitative estimate of drug-likeness (QED) is 0.813. The fourth-order valence-electron chi connectivity index (χ4n) is 5.89. The van der Waals surface area contributed by atoms with Crippen LogP contribution in [0, 0.1) is 5.92 Å². The molecule has 0 radical (unpaired) electrons. The van der Waals surface area contributed by atoms with Crippen molar-refractivity contribution in [1.82, 2.24) is 4.90 Å². The number of rotatable bonds is 1. The third-order valence-electron chi connectivity index (χ3n) is 6.84. The molecule has 1 aromatic carbocycles. The molecule has 2 aliphatic heterocycles. The number of ether oxygens (including phenoxy) is 2. The first-order valence-corrected chi connectivity index (χ1v) is 9.32. The van der Waals surface area contributed by atoms with E-state index >= 15 is 0 Å². The minimum Gasteiger partial charge on any atom is -0.493 e. The van der Waals surface area contributed by atoms with Crippen molar-refractivity contribution >= 4 is 15.9 Å². The van der Waals surface area contributed by atoms with E-state index in [1.807, 2.05) is 6.07 Å². The number of aliphatic hydroxyl groups is 1. The number of hydrogen-bond donors (Lipinski definition) is 1. The van der Waals surface area contributed by atoms with Crippen LogP contribution < -0.4 is 9.47 Å². The van der Waals surface area contributed by atoms with Crippen LogP contribution in [0.5, 0.6) is 11.5 Å². The van der Waals surface area contributed by atoms with Crippen molar-refractivity contribution < 1.29 is 14.6 Å². The maximum atomic E-state index is 10.7. The zero-order chi connectivity index (χ0) is 15.9. The Morgan fingerprint density at radius 2 is 2.26 bits per heavy atom. The Morgan fingerprint density at radius 3 is 3.04 bits per heavy atom. The van der Waals surface area contributed by atoms with Gasteiger partial charge in [-0.25, -0.2) is 0 Å². The molecule has 2 heterocycles. The predicted molar refractivity (Wildman–Crippen MR) is 90.3 cm³/mol. The van der Waals surface area contributed by atoms with E-state index in [0.29, 0.717) is 12.0 Å². The van der Waals surface area contributed by atoms with Crippen LogP contribution in [0.2, 0.25) is 0 Å². The summed E-state index contributed by atoms with van der Waals surface area (Å²) in [4.78, 5) is 2.52. The van der Waals surface area contributed by atoms with Crippen LogP contribution in [0.3, 0.4) is 0 Å². The van der Waals surface area contributed by atoms with E-state index in [9.17, 15) is 5.11 Å². The van der Waals surface area contributed by atoms with Gasteiger partial charge in [-0.3, -0.25) is 0 Å². The van der Waals surface area contributed by atoms with Crippen molar-refractivity contribution in [3.63, 3.8) is 0 Å². The monoisotopic (exact) mass is 379 g/mol. The molecule has 1 saturated carbocycles. The van der Waals surface area contributed by atoms with Gasteiger partial charge in [0.25, 0.3) is 0 Å². The van der Waals surface area contributed by atoms with E-state index in [4.69, 9.17) is 9.47 Å². The lowest BCUT2D eigenvalue weighted by atomic mass is 9.51. The lowest BCUT2D eigenvalue weighted by Gasteiger charge is -2.58.